The van der Waals surface area contributed by atoms with Crippen molar-refractivity contribution in [1.82, 2.24) is 9.97 Å². The van der Waals surface area contributed by atoms with Crippen LogP contribution < -0.4 is 0 Å². The van der Waals surface area contributed by atoms with Crippen molar-refractivity contribution in [3.8, 4) is 0 Å². The molecule has 1 fully saturated rings. The second-order valence-electron chi connectivity index (χ2n) is 5.73. The van der Waals surface area contributed by atoms with Crippen molar-refractivity contribution < 1.29 is 8.83 Å². The molecule has 1 aliphatic rings. The summed E-state index contributed by atoms with van der Waals surface area (Å²) in [6.45, 7) is 0. The number of rotatable bonds is 2. The van der Waals surface area contributed by atoms with Gasteiger partial charge in [0, 0.05) is 0 Å². The summed E-state index contributed by atoms with van der Waals surface area (Å²) in [5, 5.41) is 0.532. The molecule has 2 aromatic heterocycles. The van der Waals surface area contributed by atoms with E-state index in [4.69, 9.17) is 8.83 Å². The number of oxazole rings is 2. The first-order valence-corrected chi connectivity index (χ1v) is 8.67. The van der Waals surface area contributed by atoms with Gasteiger partial charge in [-0.3, -0.25) is 0 Å². The Morgan fingerprint density at radius 2 is 1.22 bits per heavy atom. The maximum absolute atomic E-state index is 5.91. The highest BCUT2D eigenvalue weighted by Crippen LogP contribution is 2.52. The van der Waals surface area contributed by atoms with Gasteiger partial charge in [-0.2, -0.15) is 0 Å². The van der Waals surface area contributed by atoms with Gasteiger partial charge in [0.15, 0.2) is 11.2 Å². The first-order valence-electron chi connectivity index (χ1n) is 7.73. The van der Waals surface area contributed by atoms with Crippen LogP contribution in [0.25, 0.3) is 22.2 Å². The maximum Gasteiger partial charge on any atom is 0.208 e. The Bertz CT molecular complexity index is 845. The van der Waals surface area contributed by atoms with Crippen molar-refractivity contribution in [3.05, 3.63) is 60.3 Å². The predicted molar refractivity (Wildman–Crippen MR) is 90.3 cm³/mol. The van der Waals surface area contributed by atoms with Gasteiger partial charge in [0.1, 0.15) is 11.0 Å². The highest BCUT2D eigenvalue weighted by Gasteiger charge is 2.33. The van der Waals surface area contributed by atoms with Crippen LogP contribution in [0, 0.1) is 0 Å². The molecule has 1 aliphatic heterocycles. The first-order chi connectivity index (χ1) is 11.4. The summed E-state index contributed by atoms with van der Waals surface area (Å²) >= 11 is 1.83. The molecule has 0 amide bonds. The van der Waals surface area contributed by atoms with Crippen molar-refractivity contribution in [2.45, 2.75) is 23.3 Å². The summed E-state index contributed by atoms with van der Waals surface area (Å²) in [4.78, 5) is 9.25. The van der Waals surface area contributed by atoms with E-state index in [1.54, 1.807) is 0 Å². The molecule has 114 valence electrons. The number of nitrogens with zero attached hydrogens (tertiary/aromatic N) is 2. The van der Waals surface area contributed by atoms with E-state index in [0.29, 0.717) is 0 Å². The van der Waals surface area contributed by atoms with Crippen LogP contribution in [0.2, 0.25) is 0 Å². The number of hydrogen-bond donors (Lipinski definition) is 0. The van der Waals surface area contributed by atoms with E-state index in [1.807, 2.05) is 60.3 Å². The molecule has 0 N–H and O–H groups in total. The number of fused-ring (bicyclic) bond motifs is 2. The molecule has 0 spiro atoms. The van der Waals surface area contributed by atoms with E-state index >= 15 is 0 Å². The van der Waals surface area contributed by atoms with Crippen LogP contribution in [-0.4, -0.2) is 9.97 Å². The molecular formula is C18H14N2O2S. The highest BCUT2D eigenvalue weighted by molar-refractivity contribution is 8.00. The van der Waals surface area contributed by atoms with E-state index in [1.165, 1.54) is 0 Å². The van der Waals surface area contributed by atoms with Crippen LogP contribution >= 0.6 is 11.8 Å². The molecule has 4 nitrogen and oxygen atoms in total. The summed E-state index contributed by atoms with van der Waals surface area (Å²) in [5.41, 5.74) is 3.56. The van der Waals surface area contributed by atoms with Gasteiger partial charge in [-0.15, -0.1) is 11.8 Å². The van der Waals surface area contributed by atoms with Gasteiger partial charge >= 0.3 is 0 Å². The molecule has 23 heavy (non-hydrogen) atoms. The zero-order chi connectivity index (χ0) is 15.2. The fraction of sp³-hybridized carbons (Fsp3) is 0.222. The van der Waals surface area contributed by atoms with Crippen molar-refractivity contribution in [3.63, 3.8) is 0 Å². The largest absolute Gasteiger partial charge is 0.439 e. The minimum Gasteiger partial charge on any atom is -0.439 e. The lowest BCUT2D eigenvalue weighted by atomic mass is 10.2. The standard InChI is InChI=1S/C18H14N2O2S/c1-3-7-13-11(5-1)19-17(21-13)15-9-10-16(23-15)18-20-12-6-2-4-8-14(12)22-18/h1-8,15-16H,9-10H2. The van der Waals surface area contributed by atoms with Crippen LogP contribution in [0.5, 0.6) is 0 Å². The molecule has 5 heteroatoms. The third-order valence-electron chi connectivity index (χ3n) is 4.19. The number of benzene rings is 2. The average Bonchev–Trinajstić information content (AvgIpc) is 3.30. The zero-order valence-corrected chi connectivity index (χ0v) is 13.1. The number of para-hydroxylation sites is 4. The first kappa shape index (κ1) is 13.2. The minimum atomic E-state index is 0.266. The molecule has 5 rings (SSSR count). The molecule has 3 heterocycles. The second-order valence-corrected chi connectivity index (χ2v) is 7.14. The number of aromatic nitrogens is 2. The zero-order valence-electron chi connectivity index (χ0n) is 12.3. The third-order valence-corrected chi connectivity index (χ3v) is 5.72. The van der Waals surface area contributed by atoms with Crippen molar-refractivity contribution in [1.29, 1.82) is 0 Å². The summed E-state index contributed by atoms with van der Waals surface area (Å²) in [5.74, 6) is 1.63. The molecule has 4 aromatic rings. The Morgan fingerprint density at radius 1 is 0.739 bits per heavy atom. The normalized spacial score (nSPS) is 21.4. The number of thioether (sulfide) groups is 1. The summed E-state index contributed by atoms with van der Waals surface area (Å²) in [6, 6.07) is 15.8. The second kappa shape index (κ2) is 5.13. The van der Waals surface area contributed by atoms with Gasteiger partial charge in [0.2, 0.25) is 11.8 Å². The predicted octanol–water partition coefficient (Wildman–Crippen LogP) is 5.28. The van der Waals surface area contributed by atoms with Gasteiger partial charge in [-0.25, -0.2) is 9.97 Å². The average molecular weight is 322 g/mol. The van der Waals surface area contributed by atoms with Crippen LogP contribution in [-0.2, 0) is 0 Å². The highest BCUT2D eigenvalue weighted by atomic mass is 32.2. The molecule has 0 bridgehead atoms. The fourth-order valence-electron chi connectivity index (χ4n) is 3.06. The Hall–Kier alpha value is -2.27. The lowest BCUT2D eigenvalue weighted by Gasteiger charge is -2.04. The molecule has 0 saturated carbocycles. The Kier molecular flexibility index (Phi) is 2.94. The van der Waals surface area contributed by atoms with E-state index in [0.717, 1.165) is 46.8 Å². The van der Waals surface area contributed by atoms with Gasteiger partial charge in [-0.1, -0.05) is 24.3 Å². The maximum atomic E-state index is 5.91. The quantitative estimate of drug-likeness (QED) is 0.502. The van der Waals surface area contributed by atoms with Crippen molar-refractivity contribution in [2.75, 3.05) is 0 Å². The summed E-state index contributed by atoms with van der Waals surface area (Å²) in [7, 11) is 0. The molecular weight excluding hydrogens is 308 g/mol. The van der Waals surface area contributed by atoms with Gasteiger partial charge in [0.25, 0.3) is 0 Å². The molecule has 2 unspecified atom stereocenters. The van der Waals surface area contributed by atoms with Crippen LogP contribution in [0.1, 0.15) is 35.1 Å². The van der Waals surface area contributed by atoms with E-state index in [2.05, 4.69) is 9.97 Å². The monoisotopic (exact) mass is 322 g/mol. The van der Waals surface area contributed by atoms with Gasteiger partial charge in [-0.05, 0) is 37.1 Å². The molecule has 0 aliphatic carbocycles. The lowest BCUT2D eigenvalue weighted by Crippen LogP contribution is -1.88. The Balaban J connectivity index is 1.43. The Morgan fingerprint density at radius 3 is 1.70 bits per heavy atom. The van der Waals surface area contributed by atoms with E-state index in [-0.39, 0.29) is 10.5 Å². The smallest absolute Gasteiger partial charge is 0.208 e. The lowest BCUT2D eigenvalue weighted by molar-refractivity contribution is 0.501. The summed E-state index contributed by atoms with van der Waals surface area (Å²) < 4.78 is 11.8. The molecule has 0 radical (unpaired) electrons. The van der Waals surface area contributed by atoms with Gasteiger partial charge in [0.05, 0.1) is 10.5 Å². The van der Waals surface area contributed by atoms with Crippen LogP contribution in [0.15, 0.2) is 57.4 Å². The molecule has 2 atom stereocenters. The van der Waals surface area contributed by atoms with Crippen LogP contribution in [0.4, 0.5) is 0 Å². The fourth-order valence-corrected chi connectivity index (χ4v) is 4.43. The topological polar surface area (TPSA) is 52.1 Å². The Labute approximate surface area is 136 Å². The SMILES string of the molecule is c1ccc2oc(C3CCC(c4nc5ccccc5o4)S3)nc2c1. The van der Waals surface area contributed by atoms with E-state index in [9.17, 15) is 0 Å². The van der Waals surface area contributed by atoms with Gasteiger partial charge < -0.3 is 8.83 Å². The molecule has 2 aromatic carbocycles. The van der Waals surface area contributed by atoms with Crippen molar-refractivity contribution >= 4 is 34.0 Å². The number of hydrogen-bond acceptors (Lipinski definition) is 5. The minimum absolute atomic E-state index is 0.266. The molecule has 1 saturated heterocycles. The summed E-state index contributed by atoms with van der Waals surface area (Å²) in [6.07, 6.45) is 2.06. The van der Waals surface area contributed by atoms with Crippen molar-refractivity contribution in [2.24, 2.45) is 0 Å². The van der Waals surface area contributed by atoms with E-state index < -0.39 is 0 Å². The van der Waals surface area contributed by atoms with Crippen LogP contribution in [0.3, 0.4) is 0 Å². The third kappa shape index (κ3) is 2.23.